The molecule has 0 bridgehead atoms. The van der Waals surface area contributed by atoms with E-state index in [1.165, 1.54) is 24.3 Å². The molecule has 2 rings (SSSR count). The molecular weight excluding hydrogens is 279 g/mol. The van der Waals surface area contributed by atoms with Crippen molar-refractivity contribution in [2.24, 2.45) is 0 Å². The molecule has 104 valence electrons. The van der Waals surface area contributed by atoms with Gasteiger partial charge in [-0.25, -0.2) is 4.39 Å². The van der Waals surface area contributed by atoms with Crippen molar-refractivity contribution in [1.29, 1.82) is 0 Å². The highest BCUT2D eigenvalue weighted by Gasteiger charge is 2.11. The molecule has 1 N–H and O–H groups in total. The lowest BCUT2D eigenvalue weighted by Crippen LogP contribution is -2.16. The summed E-state index contributed by atoms with van der Waals surface area (Å²) in [6, 6.07) is 10.6. The predicted octanol–water partition coefficient (Wildman–Crippen LogP) is 3.80. The third-order valence-electron chi connectivity index (χ3n) is 2.80. The van der Waals surface area contributed by atoms with Gasteiger partial charge in [0.05, 0.1) is 11.4 Å². The zero-order chi connectivity index (χ0) is 14.7. The minimum Gasteiger partial charge on any atom is -0.376 e. The largest absolute Gasteiger partial charge is 0.376 e. The Kier molecular flexibility index (Phi) is 4.25. The maximum Gasteiger partial charge on any atom is 0.255 e. The van der Waals surface area contributed by atoms with Crippen molar-refractivity contribution in [2.45, 2.75) is 0 Å². The molecule has 1 amide bonds. The van der Waals surface area contributed by atoms with E-state index in [1.807, 2.05) is 25.1 Å². The Labute approximate surface area is 122 Å². The number of benzene rings is 2. The van der Waals surface area contributed by atoms with Crippen molar-refractivity contribution >= 4 is 28.9 Å². The highest BCUT2D eigenvalue weighted by atomic mass is 35.5. The van der Waals surface area contributed by atoms with E-state index in [-0.39, 0.29) is 11.7 Å². The van der Waals surface area contributed by atoms with Crippen molar-refractivity contribution in [2.75, 3.05) is 24.3 Å². The molecule has 0 atom stereocenters. The molecule has 0 aliphatic rings. The molecule has 0 unspecified atom stereocenters. The van der Waals surface area contributed by atoms with Crippen LogP contribution in [0.5, 0.6) is 0 Å². The van der Waals surface area contributed by atoms with Gasteiger partial charge in [-0.1, -0.05) is 11.6 Å². The van der Waals surface area contributed by atoms with E-state index in [2.05, 4.69) is 5.32 Å². The summed E-state index contributed by atoms with van der Waals surface area (Å²) >= 11 is 5.95. The second kappa shape index (κ2) is 5.92. The first-order valence-electron chi connectivity index (χ1n) is 6.01. The number of halogens is 2. The number of nitrogens with zero attached hydrogens (tertiary/aromatic N) is 1. The van der Waals surface area contributed by atoms with Crippen LogP contribution in [0.2, 0.25) is 5.02 Å². The number of amides is 1. The van der Waals surface area contributed by atoms with Gasteiger partial charge < -0.3 is 10.2 Å². The number of anilines is 2. The first kappa shape index (κ1) is 14.3. The van der Waals surface area contributed by atoms with Crippen LogP contribution in [0.4, 0.5) is 15.8 Å². The van der Waals surface area contributed by atoms with E-state index in [0.29, 0.717) is 16.3 Å². The normalized spacial score (nSPS) is 10.2. The van der Waals surface area contributed by atoms with Gasteiger partial charge in [0.1, 0.15) is 5.82 Å². The number of rotatable bonds is 3. The second-order valence-corrected chi connectivity index (χ2v) is 4.95. The predicted molar refractivity (Wildman–Crippen MR) is 80.1 cm³/mol. The van der Waals surface area contributed by atoms with Crippen LogP contribution >= 0.6 is 11.6 Å². The van der Waals surface area contributed by atoms with E-state index >= 15 is 0 Å². The van der Waals surface area contributed by atoms with Crippen LogP contribution < -0.4 is 10.2 Å². The van der Waals surface area contributed by atoms with Crippen molar-refractivity contribution in [3.05, 3.63) is 58.9 Å². The molecule has 3 nitrogen and oxygen atoms in total. The Morgan fingerprint density at radius 1 is 1.15 bits per heavy atom. The topological polar surface area (TPSA) is 32.3 Å². The molecule has 0 fully saturated rings. The molecule has 0 aliphatic carbocycles. The van der Waals surface area contributed by atoms with Crippen LogP contribution in [0.3, 0.4) is 0 Å². The maximum absolute atomic E-state index is 12.8. The smallest absolute Gasteiger partial charge is 0.255 e. The lowest BCUT2D eigenvalue weighted by Gasteiger charge is -2.18. The summed E-state index contributed by atoms with van der Waals surface area (Å²) in [6.07, 6.45) is 0. The zero-order valence-corrected chi connectivity index (χ0v) is 11.9. The Morgan fingerprint density at radius 2 is 1.80 bits per heavy atom. The van der Waals surface area contributed by atoms with Gasteiger partial charge in [-0.3, -0.25) is 4.79 Å². The quantitative estimate of drug-likeness (QED) is 0.933. The summed E-state index contributed by atoms with van der Waals surface area (Å²) in [7, 11) is 3.74. The fraction of sp³-hybridized carbons (Fsp3) is 0.133. The number of carbonyl (C=O) groups excluding carboxylic acids is 1. The summed E-state index contributed by atoms with van der Waals surface area (Å²) in [6.45, 7) is 0. The standard InChI is InChI=1S/C15H14ClFN2O/c1-19(2)14-8-5-11(16)9-13(14)18-15(20)10-3-6-12(17)7-4-10/h3-9H,1-2H3,(H,18,20). The summed E-state index contributed by atoms with van der Waals surface area (Å²) < 4.78 is 12.8. The Balaban J connectivity index is 2.27. The van der Waals surface area contributed by atoms with E-state index in [0.717, 1.165) is 5.69 Å². The van der Waals surface area contributed by atoms with Gasteiger partial charge in [0, 0.05) is 24.7 Å². The summed E-state index contributed by atoms with van der Waals surface area (Å²) in [5, 5.41) is 3.31. The van der Waals surface area contributed by atoms with Crippen molar-refractivity contribution in [3.8, 4) is 0 Å². The minimum atomic E-state index is -0.377. The van der Waals surface area contributed by atoms with Crippen LogP contribution in [0.15, 0.2) is 42.5 Å². The van der Waals surface area contributed by atoms with Gasteiger partial charge in [0.15, 0.2) is 0 Å². The van der Waals surface area contributed by atoms with E-state index < -0.39 is 0 Å². The average Bonchev–Trinajstić information content (AvgIpc) is 2.39. The van der Waals surface area contributed by atoms with E-state index in [4.69, 9.17) is 11.6 Å². The third kappa shape index (κ3) is 3.27. The Morgan fingerprint density at radius 3 is 2.40 bits per heavy atom. The zero-order valence-electron chi connectivity index (χ0n) is 11.2. The molecule has 20 heavy (non-hydrogen) atoms. The van der Waals surface area contributed by atoms with Crippen LogP contribution in [0.25, 0.3) is 0 Å². The molecule has 2 aromatic rings. The van der Waals surface area contributed by atoms with Crippen LogP contribution in [0.1, 0.15) is 10.4 Å². The average molecular weight is 293 g/mol. The second-order valence-electron chi connectivity index (χ2n) is 4.52. The van der Waals surface area contributed by atoms with Gasteiger partial charge >= 0.3 is 0 Å². The lowest BCUT2D eigenvalue weighted by atomic mass is 10.2. The first-order chi connectivity index (χ1) is 9.47. The van der Waals surface area contributed by atoms with Crippen molar-refractivity contribution < 1.29 is 9.18 Å². The van der Waals surface area contributed by atoms with Gasteiger partial charge in [-0.2, -0.15) is 0 Å². The lowest BCUT2D eigenvalue weighted by molar-refractivity contribution is 0.102. The monoisotopic (exact) mass is 292 g/mol. The number of carbonyl (C=O) groups is 1. The van der Waals surface area contributed by atoms with Gasteiger partial charge in [0.25, 0.3) is 5.91 Å². The Hall–Kier alpha value is -2.07. The van der Waals surface area contributed by atoms with E-state index in [9.17, 15) is 9.18 Å². The molecule has 0 spiro atoms. The van der Waals surface area contributed by atoms with Crippen LogP contribution in [-0.4, -0.2) is 20.0 Å². The molecule has 0 aromatic heterocycles. The SMILES string of the molecule is CN(C)c1ccc(Cl)cc1NC(=O)c1ccc(F)cc1. The minimum absolute atomic E-state index is 0.310. The molecular formula is C15H14ClFN2O. The number of nitrogens with one attached hydrogen (secondary N) is 1. The molecule has 0 saturated carbocycles. The number of hydrogen-bond donors (Lipinski definition) is 1. The highest BCUT2D eigenvalue weighted by molar-refractivity contribution is 6.31. The van der Waals surface area contributed by atoms with Crippen molar-refractivity contribution in [3.63, 3.8) is 0 Å². The molecule has 0 aliphatic heterocycles. The molecule has 0 radical (unpaired) electrons. The first-order valence-corrected chi connectivity index (χ1v) is 6.39. The maximum atomic E-state index is 12.8. The van der Waals surface area contributed by atoms with Crippen LogP contribution in [-0.2, 0) is 0 Å². The third-order valence-corrected chi connectivity index (χ3v) is 3.03. The molecule has 0 saturated heterocycles. The fourth-order valence-corrected chi connectivity index (χ4v) is 1.97. The van der Waals surface area contributed by atoms with Crippen molar-refractivity contribution in [1.82, 2.24) is 0 Å². The number of hydrogen-bond acceptors (Lipinski definition) is 2. The summed E-state index contributed by atoms with van der Waals surface area (Å²) in [5.74, 6) is -0.686. The van der Waals surface area contributed by atoms with Gasteiger partial charge in [-0.05, 0) is 42.5 Å². The summed E-state index contributed by atoms with van der Waals surface area (Å²) in [4.78, 5) is 14.0. The van der Waals surface area contributed by atoms with E-state index in [1.54, 1.807) is 12.1 Å². The van der Waals surface area contributed by atoms with Gasteiger partial charge in [-0.15, -0.1) is 0 Å². The molecule has 2 aromatic carbocycles. The summed E-state index contributed by atoms with van der Waals surface area (Å²) in [5.41, 5.74) is 1.83. The molecule has 0 heterocycles. The highest BCUT2D eigenvalue weighted by Crippen LogP contribution is 2.28. The van der Waals surface area contributed by atoms with Gasteiger partial charge in [0.2, 0.25) is 0 Å². The fourth-order valence-electron chi connectivity index (χ4n) is 1.79. The Bertz CT molecular complexity index is 626. The molecule has 5 heteroatoms. The van der Waals surface area contributed by atoms with Crippen LogP contribution in [0, 0.1) is 5.82 Å².